The van der Waals surface area contributed by atoms with E-state index in [-0.39, 0.29) is 5.78 Å². The molecule has 132 valence electrons. The number of hydrogen-bond acceptors (Lipinski definition) is 6. The average Bonchev–Trinajstić information content (AvgIpc) is 2.69. The minimum atomic E-state index is 0.0205. The first-order valence-corrected chi connectivity index (χ1v) is 8.50. The lowest BCUT2D eigenvalue weighted by atomic mass is 10.1. The van der Waals surface area contributed by atoms with Crippen LogP contribution in [0.25, 0.3) is 10.9 Å². The molecule has 0 aliphatic rings. The number of nitrogens with zero attached hydrogens (tertiary/aromatic N) is 3. The quantitative estimate of drug-likeness (QED) is 0.505. The third-order valence-corrected chi connectivity index (χ3v) is 4.10. The SMILES string of the molecule is CC(=O)c1cccc(Nc2cc(Nc3cccc4cccnc34)ncn2)c1. The van der Waals surface area contributed by atoms with Gasteiger partial charge in [0.15, 0.2) is 5.78 Å². The van der Waals surface area contributed by atoms with Crippen molar-refractivity contribution >= 4 is 39.7 Å². The summed E-state index contributed by atoms with van der Waals surface area (Å²) in [7, 11) is 0. The van der Waals surface area contributed by atoms with Crippen LogP contribution in [-0.4, -0.2) is 20.7 Å². The van der Waals surface area contributed by atoms with Crippen molar-refractivity contribution in [2.24, 2.45) is 0 Å². The molecule has 0 unspecified atom stereocenters. The maximum Gasteiger partial charge on any atom is 0.159 e. The number of benzene rings is 2. The molecule has 0 bridgehead atoms. The van der Waals surface area contributed by atoms with E-state index < -0.39 is 0 Å². The highest BCUT2D eigenvalue weighted by atomic mass is 16.1. The molecule has 0 saturated heterocycles. The van der Waals surface area contributed by atoms with Crippen LogP contribution in [0.3, 0.4) is 0 Å². The molecule has 0 amide bonds. The molecule has 4 rings (SSSR count). The Kier molecular flexibility index (Phi) is 4.45. The molecule has 0 spiro atoms. The van der Waals surface area contributed by atoms with Crippen LogP contribution < -0.4 is 10.6 Å². The van der Waals surface area contributed by atoms with Gasteiger partial charge in [-0.3, -0.25) is 9.78 Å². The lowest BCUT2D eigenvalue weighted by molar-refractivity contribution is 0.101. The number of carbonyl (C=O) groups is 1. The lowest BCUT2D eigenvalue weighted by Gasteiger charge is -2.10. The summed E-state index contributed by atoms with van der Waals surface area (Å²) in [4.78, 5) is 24.5. The van der Waals surface area contributed by atoms with E-state index in [4.69, 9.17) is 0 Å². The van der Waals surface area contributed by atoms with E-state index in [2.05, 4.69) is 25.6 Å². The second-order valence-corrected chi connectivity index (χ2v) is 6.06. The van der Waals surface area contributed by atoms with Crippen molar-refractivity contribution in [2.75, 3.05) is 10.6 Å². The number of nitrogens with one attached hydrogen (secondary N) is 2. The highest BCUT2D eigenvalue weighted by Gasteiger charge is 2.06. The first-order valence-electron chi connectivity index (χ1n) is 8.50. The van der Waals surface area contributed by atoms with E-state index >= 15 is 0 Å². The van der Waals surface area contributed by atoms with Gasteiger partial charge in [-0.25, -0.2) is 9.97 Å². The number of ketones is 1. The van der Waals surface area contributed by atoms with Gasteiger partial charge in [-0.2, -0.15) is 0 Å². The molecule has 2 aromatic carbocycles. The van der Waals surface area contributed by atoms with Crippen LogP contribution in [0.4, 0.5) is 23.0 Å². The van der Waals surface area contributed by atoms with Gasteiger partial charge in [-0.05, 0) is 31.2 Å². The second-order valence-electron chi connectivity index (χ2n) is 6.06. The third kappa shape index (κ3) is 3.74. The average molecular weight is 355 g/mol. The van der Waals surface area contributed by atoms with Gasteiger partial charge in [0, 0.05) is 28.9 Å². The number of rotatable bonds is 5. The largest absolute Gasteiger partial charge is 0.340 e. The van der Waals surface area contributed by atoms with E-state index in [1.807, 2.05) is 48.5 Å². The van der Waals surface area contributed by atoms with Gasteiger partial charge in [0.1, 0.15) is 18.0 Å². The zero-order valence-corrected chi connectivity index (χ0v) is 14.7. The van der Waals surface area contributed by atoms with Crippen LogP contribution in [0, 0.1) is 0 Å². The molecule has 2 heterocycles. The summed E-state index contributed by atoms with van der Waals surface area (Å²) in [5, 5.41) is 7.55. The Morgan fingerprint density at radius 3 is 2.48 bits per heavy atom. The van der Waals surface area contributed by atoms with Crippen molar-refractivity contribution in [3.8, 4) is 0 Å². The summed E-state index contributed by atoms with van der Waals surface area (Å²) < 4.78 is 0. The monoisotopic (exact) mass is 355 g/mol. The fraction of sp³-hybridized carbons (Fsp3) is 0.0476. The Balaban J connectivity index is 1.59. The van der Waals surface area contributed by atoms with Crippen LogP contribution in [0.15, 0.2) is 73.2 Å². The maximum absolute atomic E-state index is 11.5. The van der Waals surface area contributed by atoms with Crippen molar-refractivity contribution in [3.63, 3.8) is 0 Å². The standard InChI is InChI=1S/C21H17N5O/c1-14(27)16-6-2-8-17(11-16)25-19-12-20(24-13-23-19)26-18-9-3-5-15-7-4-10-22-21(15)18/h2-13H,1H3,(H2,23,24,25,26). The topological polar surface area (TPSA) is 79.8 Å². The molecular weight excluding hydrogens is 338 g/mol. The van der Waals surface area contributed by atoms with Crippen LogP contribution in [0.2, 0.25) is 0 Å². The van der Waals surface area contributed by atoms with Crippen LogP contribution in [0.5, 0.6) is 0 Å². The number of carbonyl (C=O) groups excluding carboxylic acids is 1. The molecule has 6 nitrogen and oxygen atoms in total. The first kappa shape index (κ1) is 16.7. The molecule has 0 aliphatic carbocycles. The van der Waals surface area contributed by atoms with E-state index in [9.17, 15) is 4.79 Å². The zero-order chi connectivity index (χ0) is 18.6. The predicted octanol–water partition coefficient (Wildman–Crippen LogP) is 4.71. The first-order chi connectivity index (χ1) is 13.2. The van der Waals surface area contributed by atoms with Gasteiger partial charge in [-0.15, -0.1) is 0 Å². The van der Waals surface area contributed by atoms with Gasteiger partial charge in [0.05, 0.1) is 11.2 Å². The minimum Gasteiger partial charge on any atom is -0.340 e. The summed E-state index contributed by atoms with van der Waals surface area (Å²) >= 11 is 0. The molecule has 0 saturated carbocycles. The highest BCUT2D eigenvalue weighted by Crippen LogP contribution is 2.25. The molecule has 2 N–H and O–H groups in total. The van der Waals surface area contributed by atoms with E-state index in [0.717, 1.165) is 22.3 Å². The van der Waals surface area contributed by atoms with Crippen molar-refractivity contribution < 1.29 is 4.79 Å². The Morgan fingerprint density at radius 2 is 1.63 bits per heavy atom. The van der Waals surface area contributed by atoms with Crippen LogP contribution >= 0.6 is 0 Å². The summed E-state index contributed by atoms with van der Waals surface area (Å²) in [5.74, 6) is 1.29. The molecule has 2 aromatic heterocycles. The molecular formula is C21H17N5O. The normalized spacial score (nSPS) is 10.6. The van der Waals surface area contributed by atoms with E-state index in [1.165, 1.54) is 6.33 Å². The van der Waals surface area contributed by atoms with Gasteiger partial charge in [0.25, 0.3) is 0 Å². The predicted molar refractivity (Wildman–Crippen MR) is 107 cm³/mol. The molecule has 6 heteroatoms. The highest BCUT2D eigenvalue weighted by molar-refractivity contribution is 5.95. The number of pyridine rings is 1. The fourth-order valence-corrected chi connectivity index (χ4v) is 2.80. The van der Waals surface area contributed by atoms with Crippen molar-refractivity contribution in [3.05, 3.63) is 78.8 Å². The number of hydrogen-bond donors (Lipinski definition) is 2. The van der Waals surface area contributed by atoms with Gasteiger partial charge in [0.2, 0.25) is 0 Å². The summed E-state index contributed by atoms with van der Waals surface area (Å²) in [6, 6.07) is 19.0. The van der Waals surface area contributed by atoms with Crippen molar-refractivity contribution in [1.82, 2.24) is 15.0 Å². The Hall–Kier alpha value is -3.80. The van der Waals surface area contributed by atoms with Gasteiger partial charge >= 0.3 is 0 Å². The molecule has 0 atom stereocenters. The van der Waals surface area contributed by atoms with E-state index in [1.54, 1.807) is 25.3 Å². The fourth-order valence-electron chi connectivity index (χ4n) is 2.80. The lowest BCUT2D eigenvalue weighted by Crippen LogP contribution is -2.00. The zero-order valence-electron chi connectivity index (χ0n) is 14.7. The Bertz CT molecular complexity index is 1120. The number of Topliss-reactive ketones (excluding diaryl/α,β-unsaturated/α-hetero) is 1. The molecule has 0 aliphatic heterocycles. The molecule has 0 fully saturated rings. The smallest absolute Gasteiger partial charge is 0.159 e. The number of para-hydroxylation sites is 1. The van der Waals surface area contributed by atoms with Gasteiger partial charge in [-0.1, -0.05) is 30.3 Å². The summed E-state index contributed by atoms with van der Waals surface area (Å²) in [6.07, 6.45) is 3.25. The number of anilines is 4. The van der Waals surface area contributed by atoms with Crippen molar-refractivity contribution in [1.29, 1.82) is 0 Å². The number of aromatic nitrogens is 3. The van der Waals surface area contributed by atoms with Crippen molar-refractivity contribution in [2.45, 2.75) is 6.92 Å². The molecule has 4 aromatic rings. The summed E-state index contributed by atoms with van der Waals surface area (Å²) in [5.41, 5.74) is 3.19. The summed E-state index contributed by atoms with van der Waals surface area (Å²) in [6.45, 7) is 1.55. The molecule has 0 radical (unpaired) electrons. The second kappa shape index (κ2) is 7.21. The van der Waals surface area contributed by atoms with Crippen LogP contribution in [-0.2, 0) is 0 Å². The van der Waals surface area contributed by atoms with Crippen LogP contribution in [0.1, 0.15) is 17.3 Å². The third-order valence-electron chi connectivity index (χ3n) is 4.10. The Labute approximate surface area is 156 Å². The van der Waals surface area contributed by atoms with Gasteiger partial charge < -0.3 is 10.6 Å². The molecule has 27 heavy (non-hydrogen) atoms. The number of fused-ring (bicyclic) bond motifs is 1. The maximum atomic E-state index is 11.5. The minimum absolute atomic E-state index is 0.0205. The van der Waals surface area contributed by atoms with E-state index in [0.29, 0.717) is 17.2 Å². The Morgan fingerprint density at radius 1 is 0.852 bits per heavy atom.